The molecule has 1 aromatic heterocycles. The highest BCUT2D eigenvalue weighted by Crippen LogP contribution is 2.34. The first-order chi connectivity index (χ1) is 9.27. The van der Waals surface area contributed by atoms with Gasteiger partial charge in [-0.3, -0.25) is 9.59 Å². The third kappa shape index (κ3) is 1.21. The molecule has 2 aromatic carbocycles. The van der Waals surface area contributed by atoms with Crippen molar-refractivity contribution in [3.8, 4) is 0 Å². The van der Waals surface area contributed by atoms with Gasteiger partial charge in [0, 0.05) is 16.5 Å². The van der Waals surface area contributed by atoms with Crippen molar-refractivity contribution in [3.63, 3.8) is 0 Å². The Labute approximate surface area is 108 Å². The summed E-state index contributed by atoms with van der Waals surface area (Å²) in [6.45, 7) is 0. The minimum Gasteiger partial charge on any atom is -0.452 e. The minimum atomic E-state index is -0.221. The Bertz CT molecular complexity index is 855. The van der Waals surface area contributed by atoms with Crippen LogP contribution in [0.15, 0.2) is 52.9 Å². The van der Waals surface area contributed by atoms with E-state index in [-0.39, 0.29) is 17.3 Å². The monoisotopic (exact) mass is 248 g/mol. The van der Waals surface area contributed by atoms with Crippen molar-refractivity contribution in [1.29, 1.82) is 0 Å². The van der Waals surface area contributed by atoms with Gasteiger partial charge in [-0.15, -0.1) is 0 Å². The molecule has 0 fully saturated rings. The molecule has 0 saturated heterocycles. The number of carbonyl (C=O) groups excluding carboxylic acids is 2. The quantitative estimate of drug-likeness (QED) is 0.480. The number of ketones is 2. The van der Waals surface area contributed by atoms with E-state index in [9.17, 15) is 9.59 Å². The number of fused-ring (bicyclic) bond motifs is 4. The van der Waals surface area contributed by atoms with Gasteiger partial charge in [0.05, 0.1) is 5.56 Å². The summed E-state index contributed by atoms with van der Waals surface area (Å²) in [7, 11) is 0. The Hall–Kier alpha value is -2.68. The van der Waals surface area contributed by atoms with Crippen LogP contribution in [0, 0.1) is 0 Å². The third-order valence-corrected chi connectivity index (χ3v) is 3.45. The molecular formula is C16H8O3. The number of para-hydroxylation sites is 1. The Morgan fingerprint density at radius 3 is 2.16 bits per heavy atom. The molecule has 19 heavy (non-hydrogen) atoms. The van der Waals surface area contributed by atoms with E-state index >= 15 is 0 Å². The fourth-order valence-electron chi connectivity index (χ4n) is 2.57. The molecule has 1 heterocycles. The number of hydrogen-bond donors (Lipinski definition) is 0. The maximum Gasteiger partial charge on any atom is 0.229 e. The van der Waals surface area contributed by atoms with Gasteiger partial charge in [-0.1, -0.05) is 42.5 Å². The van der Waals surface area contributed by atoms with Crippen LogP contribution in [-0.4, -0.2) is 11.6 Å². The van der Waals surface area contributed by atoms with Gasteiger partial charge in [-0.25, -0.2) is 0 Å². The molecule has 0 N–H and O–H groups in total. The van der Waals surface area contributed by atoms with Crippen molar-refractivity contribution in [3.05, 3.63) is 71.0 Å². The number of rotatable bonds is 0. The van der Waals surface area contributed by atoms with E-state index < -0.39 is 0 Å². The molecule has 0 aliphatic heterocycles. The first-order valence-corrected chi connectivity index (χ1v) is 5.97. The van der Waals surface area contributed by atoms with Crippen molar-refractivity contribution < 1.29 is 14.0 Å². The second kappa shape index (κ2) is 3.42. The average Bonchev–Trinajstić information content (AvgIpc) is 2.84. The highest BCUT2D eigenvalue weighted by atomic mass is 16.3. The summed E-state index contributed by atoms with van der Waals surface area (Å²) in [5.41, 5.74) is 1.83. The van der Waals surface area contributed by atoms with Crippen LogP contribution >= 0.6 is 0 Å². The number of benzene rings is 2. The molecule has 0 radical (unpaired) electrons. The Morgan fingerprint density at radius 1 is 0.737 bits per heavy atom. The molecular weight excluding hydrogens is 240 g/mol. The summed E-state index contributed by atoms with van der Waals surface area (Å²) < 4.78 is 5.56. The van der Waals surface area contributed by atoms with Crippen molar-refractivity contribution in [1.82, 2.24) is 0 Å². The second-order valence-electron chi connectivity index (χ2n) is 4.51. The van der Waals surface area contributed by atoms with Gasteiger partial charge in [0.25, 0.3) is 0 Å². The van der Waals surface area contributed by atoms with Crippen LogP contribution in [0.1, 0.15) is 32.0 Å². The topological polar surface area (TPSA) is 47.3 Å². The molecule has 3 aromatic rings. The lowest BCUT2D eigenvalue weighted by atomic mass is 9.87. The third-order valence-electron chi connectivity index (χ3n) is 3.45. The summed E-state index contributed by atoms with van der Waals surface area (Å²) in [4.78, 5) is 24.9. The SMILES string of the molecule is O=C1c2ccccc2C(=O)c2c1oc1ccccc21. The normalized spacial score (nSPS) is 13.5. The molecule has 3 heteroatoms. The lowest BCUT2D eigenvalue weighted by Crippen LogP contribution is -2.19. The van der Waals surface area contributed by atoms with Crippen LogP contribution in [0.5, 0.6) is 0 Å². The van der Waals surface area contributed by atoms with Gasteiger partial charge in [0.2, 0.25) is 5.78 Å². The fraction of sp³-hybridized carbons (Fsp3) is 0. The molecule has 4 rings (SSSR count). The summed E-state index contributed by atoms with van der Waals surface area (Å²) in [5, 5.41) is 0.699. The van der Waals surface area contributed by atoms with E-state index in [0.29, 0.717) is 27.7 Å². The molecule has 3 nitrogen and oxygen atoms in total. The van der Waals surface area contributed by atoms with Crippen molar-refractivity contribution in [2.45, 2.75) is 0 Å². The summed E-state index contributed by atoms with van der Waals surface area (Å²) in [6, 6.07) is 14.1. The van der Waals surface area contributed by atoms with E-state index in [4.69, 9.17) is 4.42 Å². The first kappa shape index (κ1) is 10.3. The zero-order chi connectivity index (χ0) is 13.0. The van der Waals surface area contributed by atoms with Gasteiger partial charge in [0.15, 0.2) is 11.5 Å². The highest BCUT2D eigenvalue weighted by Gasteiger charge is 2.34. The Balaban J connectivity index is 2.14. The van der Waals surface area contributed by atoms with Gasteiger partial charge in [-0.2, -0.15) is 0 Å². The van der Waals surface area contributed by atoms with Crippen LogP contribution in [0.25, 0.3) is 11.0 Å². The molecule has 0 bridgehead atoms. The van der Waals surface area contributed by atoms with E-state index in [1.807, 2.05) is 12.1 Å². The zero-order valence-electron chi connectivity index (χ0n) is 9.84. The Morgan fingerprint density at radius 2 is 1.37 bits per heavy atom. The molecule has 0 spiro atoms. The Kier molecular flexibility index (Phi) is 1.85. The largest absolute Gasteiger partial charge is 0.452 e. The predicted octanol–water partition coefficient (Wildman–Crippen LogP) is 3.21. The maximum atomic E-state index is 12.5. The van der Waals surface area contributed by atoms with E-state index in [0.717, 1.165) is 0 Å². The van der Waals surface area contributed by atoms with Gasteiger partial charge in [0.1, 0.15) is 5.58 Å². The second-order valence-corrected chi connectivity index (χ2v) is 4.51. The van der Waals surface area contributed by atoms with Crippen molar-refractivity contribution in [2.75, 3.05) is 0 Å². The molecule has 1 aliphatic carbocycles. The van der Waals surface area contributed by atoms with Crippen LogP contribution in [0.3, 0.4) is 0 Å². The van der Waals surface area contributed by atoms with Crippen molar-refractivity contribution in [2.24, 2.45) is 0 Å². The lowest BCUT2D eigenvalue weighted by Gasteiger charge is -2.12. The number of hydrogen-bond acceptors (Lipinski definition) is 3. The summed E-state index contributed by atoms with van der Waals surface area (Å²) in [5.74, 6) is -0.207. The van der Waals surface area contributed by atoms with E-state index in [1.54, 1.807) is 36.4 Å². The van der Waals surface area contributed by atoms with Gasteiger partial charge < -0.3 is 4.42 Å². The molecule has 0 saturated carbocycles. The van der Waals surface area contributed by atoms with E-state index in [2.05, 4.69) is 0 Å². The molecule has 0 atom stereocenters. The van der Waals surface area contributed by atoms with Gasteiger partial charge >= 0.3 is 0 Å². The minimum absolute atomic E-state index is 0.143. The number of furan rings is 1. The smallest absolute Gasteiger partial charge is 0.229 e. The lowest BCUT2D eigenvalue weighted by molar-refractivity contribution is 0.0962. The molecule has 0 unspecified atom stereocenters. The summed E-state index contributed by atoms with van der Waals surface area (Å²) in [6.07, 6.45) is 0. The van der Waals surface area contributed by atoms with Gasteiger partial charge in [-0.05, 0) is 6.07 Å². The average molecular weight is 248 g/mol. The fourth-order valence-corrected chi connectivity index (χ4v) is 2.57. The van der Waals surface area contributed by atoms with Crippen LogP contribution in [0.4, 0.5) is 0 Å². The molecule has 90 valence electrons. The standard InChI is InChI=1S/C16H8O3/c17-14-9-5-1-2-6-10(9)15(18)16-13(14)11-7-3-4-8-12(11)19-16/h1-8H. The van der Waals surface area contributed by atoms with E-state index in [1.165, 1.54) is 0 Å². The molecule has 1 aliphatic rings. The zero-order valence-corrected chi connectivity index (χ0v) is 9.84. The first-order valence-electron chi connectivity index (χ1n) is 5.97. The van der Waals surface area contributed by atoms with Crippen molar-refractivity contribution >= 4 is 22.5 Å². The van der Waals surface area contributed by atoms with Crippen LogP contribution < -0.4 is 0 Å². The molecule has 0 amide bonds. The highest BCUT2D eigenvalue weighted by molar-refractivity contribution is 6.31. The van der Waals surface area contributed by atoms with Crippen LogP contribution in [-0.2, 0) is 0 Å². The summed E-state index contributed by atoms with van der Waals surface area (Å²) >= 11 is 0. The predicted molar refractivity (Wildman–Crippen MR) is 69.5 cm³/mol. The van der Waals surface area contributed by atoms with Crippen LogP contribution in [0.2, 0.25) is 0 Å². The maximum absolute atomic E-state index is 12.5. The number of carbonyl (C=O) groups is 2.